The molecule has 2 N–H and O–H groups in total. The summed E-state index contributed by atoms with van der Waals surface area (Å²) < 4.78 is 28.7. The van der Waals surface area contributed by atoms with Crippen molar-refractivity contribution in [3.63, 3.8) is 0 Å². The second kappa shape index (κ2) is 9.03. The molecule has 1 unspecified atom stereocenters. The highest BCUT2D eigenvalue weighted by molar-refractivity contribution is 9.10. The number of fused-ring (bicyclic) bond motifs is 1. The number of nitrogens with one attached hydrogen (secondary N) is 1. The monoisotopic (exact) mass is 561 g/mol. The van der Waals surface area contributed by atoms with Gasteiger partial charge in [0.05, 0.1) is 23.0 Å². The molecule has 9 nitrogen and oxygen atoms in total. The lowest BCUT2D eigenvalue weighted by atomic mass is 9.89. The largest absolute Gasteiger partial charge is 0.478 e. The molecule has 1 aliphatic carbocycles. The van der Waals surface area contributed by atoms with Crippen molar-refractivity contribution < 1.29 is 28.0 Å². The van der Waals surface area contributed by atoms with E-state index in [-0.39, 0.29) is 41.1 Å². The summed E-state index contributed by atoms with van der Waals surface area (Å²) in [6.45, 7) is 0.374. The number of halogens is 1. The first-order chi connectivity index (χ1) is 16.7. The van der Waals surface area contributed by atoms with E-state index in [1.165, 1.54) is 34.1 Å². The number of carboxylic acids is 1. The maximum Gasteiger partial charge on any atom is 0.335 e. The number of rotatable bonds is 5. The maximum absolute atomic E-state index is 13.2. The summed E-state index contributed by atoms with van der Waals surface area (Å²) in [6, 6.07) is 11.1. The van der Waals surface area contributed by atoms with Crippen LogP contribution in [0.3, 0.4) is 0 Å². The van der Waals surface area contributed by atoms with Crippen molar-refractivity contribution in [2.24, 2.45) is 5.16 Å². The van der Waals surface area contributed by atoms with E-state index in [9.17, 15) is 18.0 Å². The first kappa shape index (κ1) is 24.0. The summed E-state index contributed by atoms with van der Waals surface area (Å²) in [5.74, 6) is -1.43. The van der Waals surface area contributed by atoms with Gasteiger partial charge in [-0.3, -0.25) is 4.79 Å². The number of benzene rings is 2. The number of aromatic carboxylic acids is 1. The number of carbonyl (C=O) groups is 2. The van der Waals surface area contributed by atoms with Crippen LogP contribution in [0.5, 0.6) is 0 Å². The lowest BCUT2D eigenvalue weighted by Gasteiger charge is -2.37. The lowest BCUT2D eigenvalue weighted by Crippen LogP contribution is -2.50. The molecule has 2 heterocycles. The number of aryl methyl sites for hydroxylation is 1. The van der Waals surface area contributed by atoms with Gasteiger partial charge >= 0.3 is 5.97 Å². The first-order valence-corrected chi connectivity index (χ1v) is 13.6. The summed E-state index contributed by atoms with van der Waals surface area (Å²) in [5.41, 5.74) is 1.68. The average Bonchev–Trinajstić information content (AvgIpc) is 3.43. The topological polar surface area (TPSA) is 125 Å². The molecule has 5 rings (SSSR count). The van der Waals surface area contributed by atoms with Crippen LogP contribution in [-0.4, -0.2) is 54.1 Å². The van der Waals surface area contributed by atoms with Crippen molar-refractivity contribution in [3.05, 3.63) is 63.6 Å². The average molecular weight is 562 g/mol. The maximum atomic E-state index is 13.2. The van der Waals surface area contributed by atoms with Crippen molar-refractivity contribution >= 4 is 43.5 Å². The molecule has 2 atom stereocenters. The number of sulfonamides is 1. The summed E-state index contributed by atoms with van der Waals surface area (Å²) in [7, 11) is -3.86. The molecule has 0 aromatic heterocycles. The summed E-state index contributed by atoms with van der Waals surface area (Å²) in [6.07, 6.45) is 3.06. The first-order valence-electron chi connectivity index (χ1n) is 11.3. The van der Waals surface area contributed by atoms with Crippen LogP contribution in [0.1, 0.15) is 53.2 Å². The molecule has 2 aromatic carbocycles. The van der Waals surface area contributed by atoms with Crippen molar-refractivity contribution in [2.45, 2.75) is 48.6 Å². The predicted molar refractivity (Wildman–Crippen MR) is 131 cm³/mol. The highest BCUT2D eigenvalue weighted by Gasteiger charge is 2.47. The van der Waals surface area contributed by atoms with Gasteiger partial charge in [-0.2, -0.15) is 4.31 Å². The van der Waals surface area contributed by atoms with Crippen LogP contribution in [-0.2, 0) is 26.1 Å². The fourth-order valence-electron chi connectivity index (χ4n) is 5.01. The van der Waals surface area contributed by atoms with Gasteiger partial charge in [0.1, 0.15) is 5.71 Å². The van der Waals surface area contributed by atoms with E-state index < -0.39 is 21.6 Å². The number of oxime groups is 1. The van der Waals surface area contributed by atoms with E-state index in [1.807, 2.05) is 12.1 Å². The van der Waals surface area contributed by atoms with Crippen LogP contribution >= 0.6 is 15.9 Å². The third kappa shape index (κ3) is 4.60. The molecule has 184 valence electrons. The standard InChI is InChI=1S/C24H24BrN3O6S/c25-17-6-2-15-5-9-20(19(15)12-17)26-22(29)21-13-24(34-27-21)10-1-11-28(14-24)35(32,33)18-7-3-16(4-8-18)23(30)31/h2-4,6-8,12,20H,1,5,9-11,13-14H2,(H,26,29)(H,30,31)/t20-,24?/m1/s1. The van der Waals surface area contributed by atoms with Gasteiger partial charge < -0.3 is 15.3 Å². The van der Waals surface area contributed by atoms with Crippen molar-refractivity contribution in [1.82, 2.24) is 9.62 Å². The Morgan fingerprint density at radius 1 is 1.20 bits per heavy atom. The summed E-state index contributed by atoms with van der Waals surface area (Å²) in [4.78, 5) is 29.8. The van der Waals surface area contributed by atoms with Crippen molar-refractivity contribution in [1.29, 1.82) is 0 Å². The van der Waals surface area contributed by atoms with E-state index in [0.29, 0.717) is 19.4 Å². The van der Waals surface area contributed by atoms with Gasteiger partial charge in [0.15, 0.2) is 5.60 Å². The molecule has 1 amide bonds. The van der Waals surface area contributed by atoms with Crippen LogP contribution in [0.25, 0.3) is 0 Å². The molecule has 2 aromatic rings. The van der Waals surface area contributed by atoms with E-state index in [2.05, 4.69) is 32.5 Å². The van der Waals surface area contributed by atoms with Crippen LogP contribution in [0.4, 0.5) is 0 Å². The van der Waals surface area contributed by atoms with Gasteiger partial charge in [-0.1, -0.05) is 27.2 Å². The number of carbonyl (C=O) groups excluding carboxylic acids is 1. The quantitative estimate of drug-likeness (QED) is 0.577. The second-order valence-electron chi connectivity index (χ2n) is 9.17. The number of hydrogen-bond donors (Lipinski definition) is 2. The Balaban J connectivity index is 1.26. The molecule has 0 saturated carbocycles. The lowest BCUT2D eigenvalue weighted by molar-refractivity contribution is -0.115. The number of amides is 1. The minimum absolute atomic E-state index is 0.0134. The predicted octanol–water partition coefficient (Wildman–Crippen LogP) is 3.25. The van der Waals surface area contributed by atoms with Crippen molar-refractivity contribution in [3.8, 4) is 0 Å². The van der Waals surface area contributed by atoms with Crippen LogP contribution in [0.2, 0.25) is 0 Å². The molecule has 1 spiro atoms. The Labute approximate surface area is 211 Å². The normalized spacial score (nSPS) is 24.0. The highest BCUT2D eigenvalue weighted by atomic mass is 79.9. The molecule has 0 radical (unpaired) electrons. The Morgan fingerprint density at radius 3 is 2.71 bits per heavy atom. The minimum atomic E-state index is -3.86. The minimum Gasteiger partial charge on any atom is -0.478 e. The third-order valence-electron chi connectivity index (χ3n) is 6.84. The number of nitrogens with zero attached hydrogens (tertiary/aromatic N) is 2. The van der Waals surface area contributed by atoms with Gasteiger partial charge in [0.2, 0.25) is 10.0 Å². The Morgan fingerprint density at radius 2 is 1.97 bits per heavy atom. The molecule has 1 fully saturated rings. The van der Waals surface area contributed by atoms with Gasteiger partial charge in [-0.15, -0.1) is 0 Å². The summed E-state index contributed by atoms with van der Waals surface area (Å²) >= 11 is 3.48. The molecule has 1 saturated heterocycles. The third-order valence-corrected chi connectivity index (χ3v) is 9.19. The number of carboxylic acid groups (broad SMARTS) is 1. The zero-order valence-electron chi connectivity index (χ0n) is 18.7. The zero-order chi connectivity index (χ0) is 24.8. The van der Waals surface area contributed by atoms with Gasteiger partial charge in [-0.05, 0) is 73.2 Å². The molecular formula is C24H24BrN3O6S. The van der Waals surface area contributed by atoms with E-state index in [1.54, 1.807) is 0 Å². The fraction of sp³-hybridized carbons (Fsp3) is 0.375. The van der Waals surface area contributed by atoms with E-state index >= 15 is 0 Å². The molecule has 11 heteroatoms. The zero-order valence-corrected chi connectivity index (χ0v) is 21.1. The van der Waals surface area contributed by atoms with E-state index in [4.69, 9.17) is 9.94 Å². The molecule has 3 aliphatic rings. The molecular weight excluding hydrogens is 538 g/mol. The number of piperidine rings is 1. The van der Waals surface area contributed by atoms with E-state index in [0.717, 1.165) is 22.9 Å². The smallest absolute Gasteiger partial charge is 0.335 e. The Kier molecular flexibility index (Phi) is 6.18. The molecule has 2 aliphatic heterocycles. The molecule has 0 bridgehead atoms. The van der Waals surface area contributed by atoms with Crippen LogP contribution in [0.15, 0.2) is 57.0 Å². The van der Waals surface area contributed by atoms with Crippen molar-refractivity contribution in [2.75, 3.05) is 13.1 Å². The SMILES string of the molecule is O=C(N[C@@H]1CCc2ccc(Br)cc21)C1=NOC2(CCCN(S(=O)(=O)c3ccc(C(=O)O)cc3)C2)C1. The van der Waals surface area contributed by atoms with Gasteiger partial charge in [-0.25, -0.2) is 13.2 Å². The molecule has 35 heavy (non-hydrogen) atoms. The van der Waals surface area contributed by atoms with Gasteiger partial charge in [0, 0.05) is 17.4 Å². The number of hydrogen-bond acceptors (Lipinski definition) is 6. The second-order valence-corrected chi connectivity index (χ2v) is 12.0. The van der Waals surface area contributed by atoms with Crippen LogP contribution < -0.4 is 5.32 Å². The Bertz CT molecular complexity index is 1330. The highest BCUT2D eigenvalue weighted by Crippen LogP contribution is 2.37. The van der Waals surface area contributed by atoms with Crippen LogP contribution in [0, 0.1) is 0 Å². The fourth-order valence-corrected chi connectivity index (χ4v) is 6.94. The Hall–Kier alpha value is -2.76. The van der Waals surface area contributed by atoms with Gasteiger partial charge in [0.25, 0.3) is 5.91 Å². The summed E-state index contributed by atoms with van der Waals surface area (Å²) in [5, 5.41) is 16.2.